The molecule has 0 spiro atoms. The molecule has 3 N–H and O–H groups in total. The number of amides is 2. The van der Waals surface area contributed by atoms with Crippen molar-refractivity contribution < 1.29 is 19.5 Å². The Kier molecular flexibility index (Phi) is 5.88. The summed E-state index contributed by atoms with van der Waals surface area (Å²) in [5.41, 5.74) is 4.52. The standard InChI is InChI=1S/C28H23N5O4S/c1-15-18-5-6-21(20(18)4-3-19(15)28(36)37)32-27(35)23-13-22(31-25-8-10-30-33(23)25)26(34)29-14-16-2-7-24-17(12-16)9-11-38-24/h2-4,7-13,21H,5-6,14H2,1H3,(H,29,34)(H,32,35)(H,36,37)/t21-/m0/s1. The second kappa shape index (κ2) is 9.38. The molecule has 3 aromatic heterocycles. The predicted octanol–water partition coefficient (Wildman–Crippen LogP) is 4.30. The highest BCUT2D eigenvalue weighted by molar-refractivity contribution is 7.17. The topological polar surface area (TPSA) is 126 Å². The van der Waals surface area contributed by atoms with Crippen LogP contribution in [0.15, 0.2) is 60.1 Å². The average Bonchev–Trinajstić information content (AvgIpc) is 3.66. The van der Waals surface area contributed by atoms with Gasteiger partial charge in [0.15, 0.2) is 5.65 Å². The van der Waals surface area contributed by atoms with E-state index < -0.39 is 17.8 Å². The van der Waals surface area contributed by atoms with Gasteiger partial charge in [0, 0.05) is 23.4 Å². The Labute approximate surface area is 221 Å². The number of benzene rings is 2. The number of carboxylic acids is 1. The Balaban J connectivity index is 1.23. The number of aromatic carboxylic acids is 1. The molecule has 0 saturated carbocycles. The number of aromatic nitrogens is 3. The first-order valence-corrected chi connectivity index (χ1v) is 13.0. The van der Waals surface area contributed by atoms with E-state index in [2.05, 4.69) is 20.7 Å². The first-order valence-electron chi connectivity index (χ1n) is 12.1. The van der Waals surface area contributed by atoms with Gasteiger partial charge in [-0.25, -0.2) is 14.3 Å². The van der Waals surface area contributed by atoms with Crippen LogP contribution in [0.3, 0.4) is 0 Å². The maximum Gasteiger partial charge on any atom is 0.335 e. The molecule has 2 amide bonds. The number of carbonyl (C=O) groups excluding carboxylic acids is 2. The molecule has 38 heavy (non-hydrogen) atoms. The molecule has 6 rings (SSSR count). The van der Waals surface area contributed by atoms with Crippen LogP contribution in [-0.4, -0.2) is 37.5 Å². The van der Waals surface area contributed by atoms with Gasteiger partial charge in [0.2, 0.25) is 0 Å². The number of fused-ring (bicyclic) bond motifs is 3. The summed E-state index contributed by atoms with van der Waals surface area (Å²) in [5, 5.41) is 22.7. The number of hydrogen-bond acceptors (Lipinski definition) is 6. The molecular weight excluding hydrogens is 502 g/mol. The molecular formula is C28H23N5O4S. The van der Waals surface area contributed by atoms with E-state index in [1.54, 1.807) is 36.5 Å². The lowest BCUT2D eigenvalue weighted by molar-refractivity contribution is 0.0695. The number of nitrogens with one attached hydrogen (secondary N) is 2. The molecule has 1 aliphatic rings. The number of hydrogen-bond donors (Lipinski definition) is 3. The fourth-order valence-electron chi connectivity index (χ4n) is 5.08. The smallest absolute Gasteiger partial charge is 0.335 e. The van der Waals surface area contributed by atoms with Gasteiger partial charge >= 0.3 is 5.97 Å². The summed E-state index contributed by atoms with van der Waals surface area (Å²) in [6.07, 6.45) is 2.85. The Morgan fingerprint density at radius 1 is 1.11 bits per heavy atom. The van der Waals surface area contributed by atoms with Gasteiger partial charge in [-0.3, -0.25) is 9.59 Å². The van der Waals surface area contributed by atoms with E-state index in [9.17, 15) is 19.5 Å². The van der Waals surface area contributed by atoms with Crippen LogP contribution < -0.4 is 10.6 Å². The zero-order valence-electron chi connectivity index (χ0n) is 20.4. The lowest BCUT2D eigenvalue weighted by atomic mass is 9.98. The van der Waals surface area contributed by atoms with E-state index in [0.29, 0.717) is 25.0 Å². The fraction of sp³-hybridized carbons (Fsp3) is 0.179. The number of nitrogens with zero attached hydrogens (tertiary/aromatic N) is 3. The quantitative estimate of drug-likeness (QED) is 0.304. The summed E-state index contributed by atoms with van der Waals surface area (Å²) in [6, 6.07) is 14.3. The van der Waals surface area contributed by atoms with Crippen molar-refractivity contribution in [2.45, 2.75) is 32.4 Å². The molecule has 1 aliphatic carbocycles. The van der Waals surface area contributed by atoms with Gasteiger partial charge in [0.25, 0.3) is 11.8 Å². The normalized spacial score (nSPS) is 14.5. The molecule has 10 heteroatoms. The third-order valence-electron chi connectivity index (χ3n) is 7.02. The van der Waals surface area contributed by atoms with Crippen LogP contribution in [0.25, 0.3) is 15.7 Å². The van der Waals surface area contributed by atoms with E-state index in [4.69, 9.17) is 0 Å². The summed E-state index contributed by atoms with van der Waals surface area (Å²) in [4.78, 5) is 42.3. The van der Waals surface area contributed by atoms with Gasteiger partial charge in [0.1, 0.15) is 11.4 Å². The highest BCUT2D eigenvalue weighted by Crippen LogP contribution is 2.35. The Morgan fingerprint density at radius 3 is 2.82 bits per heavy atom. The van der Waals surface area contributed by atoms with Gasteiger partial charge in [-0.2, -0.15) is 5.10 Å². The number of rotatable bonds is 6. The second-order valence-corrected chi connectivity index (χ2v) is 10.2. The highest BCUT2D eigenvalue weighted by atomic mass is 32.1. The Hall–Kier alpha value is -4.57. The number of carboxylic acid groups (broad SMARTS) is 1. The van der Waals surface area contributed by atoms with E-state index in [1.165, 1.54) is 21.5 Å². The largest absolute Gasteiger partial charge is 0.478 e. The summed E-state index contributed by atoms with van der Waals surface area (Å²) in [5.74, 6) is -1.75. The minimum atomic E-state index is -0.964. The van der Waals surface area contributed by atoms with E-state index in [0.717, 1.165) is 27.6 Å². The maximum atomic E-state index is 13.4. The molecule has 0 radical (unpaired) electrons. The van der Waals surface area contributed by atoms with Crippen molar-refractivity contribution in [1.29, 1.82) is 0 Å². The van der Waals surface area contributed by atoms with Gasteiger partial charge in [-0.15, -0.1) is 11.3 Å². The van der Waals surface area contributed by atoms with Gasteiger partial charge < -0.3 is 15.7 Å². The van der Waals surface area contributed by atoms with Crippen LogP contribution in [0, 0.1) is 6.92 Å². The van der Waals surface area contributed by atoms with Crippen LogP contribution in [0.2, 0.25) is 0 Å². The van der Waals surface area contributed by atoms with Crippen molar-refractivity contribution in [2.75, 3.05) is 0 Å². The molecule has 2 aromatic carbocycles. The molecule has 9 nitrogen and oxygen atoms in total. The third kappa shape index (κ3) is 4.18. The predicted molar refractivity (Wildman–Crippen MR) is 143 cm³/mol. The number of carbonyl (C=O) groups is 3. The van der Waals surface area contributed by atoms with Crippen LogP contribution in [0.1, 0.15) is 66.1 Å². The summed E-state index contributed by atoms with van der Waals surface area (Å²) in [6.45, 7) is 2.13. The molecule has 0 aliphatic heterocycles. The molecule has 190 valence electrons. The van der Waals surface area contributed by atoms with Crippen molar-refractivity contribution in [3.05, 3.63) is 99.3 Å². The molecule has 3 heterocycles. The second-order valence-electron chi connectivity index (χ2n) is 9.28. The lowest BCUT2D eigenvalue weighted by Gasteiger charge is -2.16. The molecule has 5 aromatic rings. The Bertz CT molecular complexity index is 1760. The first-order chi connectivity index (χ1) is 18.4. The maximum absolute atomic E-state index is 13.4. The van der Waals surface area contributed by atoms with Crippen molar-refractivity contribution in [1.82, 2.24) is 25.2 Å². The minimum absolute atomic E-state index is 0.119. The van der Waals surface area contributed by atoms with Gasteiger partial charge in [0.05, 0.1) is 17.8 Å². The Morgan fingerprint density at radius 2 is 1.97 bits per heavy atom. The van der Waals surface area contributed by atoms with E-state index in [-0.39, 0.29) is 23.0 Å². The molecule has 0 unspecified atom stereocenters. The third-order valence-corrected chi connectivity index (χ3v) is 7.92. The van der Waals surface area contributed by atoms with Crippen molar-refractivity contribution in [3.8, 4) is 0 Å². The SMILES string of the molecule is Cc1c(C(=O)O)ccc2c1CC[C@@H]2NC(=O)c1cc(C(=O)NCc2ccc3sccc3c2)nc2ccnn12. The zero-order chi connectivity index (χ0) is 26.4. The highest BCUT2D eigenvalue weighted by Gasteiger charge is 2.28. The van der Waals surface area contributed by atoms with Crippen LogP contribution >= 0.6 is 11.3 Å². The van der Waals surface area contributed by atoms with Gasteiger partial charge in [-0.05, 0) is 77.1 Å². The van der Waals surface area contributed by atoms with Crippen LogP contribution in [-0.2, 0) is 13.0 Å². The summed E-state index contributed by atoms with van der Waals surface area (Å²) in [7, 11) is 0. The fourth-order valence-corrected chi connectivity index (χ4v) is 5.85. The monoisotopic (exact) mass is 525 g/mol. The van der Waals surface area contributed by atoms with Crippen molar-refractivity contribution in [2.24, 2.45) is 0 Å². The summed E-state index contributed by atoms with van der Waals surface area (Å²) < 4.78 is 2.59. The van der Waals surface area contributed by atoms with E-state index >= 15 is 0 Å². The van der Waals surface area contributed by atoms with Crippen molar-refractivity contribution >= 4 is 44.9 Å². The molecule has 0 fully saturated rings. The van der Waals surface area contributed by atoms with Crippen molar-refractivity contribution in [3.63, 3.8) is 0 Å². The summed E-state index contributed by atoms with van der Waals surface area (Å²) >= 11 is 1.67. The number of thiophene rings is 1. The first kappa shape index (κ1) is 23.8. The van der Waals surface area contributed by atoms with E-state index in [1.807, 2.05) is 29.6 Å². The lowest BCUT2D eigenvalue weighted by Crippen LogP contribution is -2.30. The molecule has 0 saturated heterocycles. The average molecular weight is 526 g/mol. The van der Waals surface area contributed by atoms with Gasteiger partial charge in [-0.1, -0.05) is 12.1 Å². The zero-order valence-corrected chi connectivity index (χ0v) is 21.2. The molecule has 1 atom stereocenters. The minimum Gasteiger partial charge on any atom is -0.478 e. The van der Waals surface area contributed by atoms with Crippen LogP contribution in [0.5, 0.6) is 0 Å². The molecule has 0 bridgehead atoms. The van der Waals surface area contributed by atoms with Crippen LogP contribution in [0.4, 0.5) is 0 Å².